The summed E-state index contributed by atoms with van der Waals surface area (Å²) in [6.07, 6.45) is 0.237. The second-order valence-corrected chi connectivity index (χ2v) is 9.02. The number of carbonyl (C=O) groups is 1. The monoisotopic (exact) mass is 403 g/mol. The first kappa shape index (κ1) is 18.9. The van der Waals surface area contributed by atoms with E-state index in [0.717, 1.165) is 0 Å². The fraction of sp³-hybridized carbons (Fsp3) is 0.350. The van der Waals surface area contributed by atoms with Gasteiger partial charge in [0.1, 0.15) is 17.6 Å². The third-order valence-electron chi connectivity index (χ3n) is 5.58. The van der Waals surface area contributed by atoms with Gasteiger partial charge in [0.2, 0.25) is 10.0 Å². The molecule has 7 nitrogen and oxygen atoms in total. The van der Waals surface area contributed by atoms with Crippen molar-refractivity contribution in [3.05, 3.63) is 59.7 Å². The number of ether oxygens (including phenoxy) is 1. The molecule has 4 rings (SSSR count). The van der Waals surface area contributed by atoms with Crippen LogP contribution in [0.4, 0.5) is 0 Å². The molecule has 4 unspecified atom stereocenters. The zero-order valence-electron chi connectivity index (χ0n) is 15.2. The molecule has 0 radical (unpaired) electrons. The number of nitrogens with one attached hydrogen (secondary N) is 1. The lowest BCUT2D eigenvalue weighted by atomic mass is 9.88. The number of carboxylic acids is 1. The van der Waals surface area contributed by atoms with Crippen LogP contribution in [0.25, 0.3) is 0 Å². The molecule has 1 aliphatic carbocycles. The van der Waals surface area contributed by atoms with Gasteiger partial charge in [-0.15, -0.1) is 0 Å². The van der Waals surface area contributed by atoms with E-state index < -0.39 is 39.7 Å². The molecule has 1 fully saturated rings. The molecule has 1 heterocycles. The molecular formula is C20H21NO6S. The molecule has 0 aromatic heterocycles. The van der Waals surface area contributed by atoms with Gasteiger partial charge in [0.05, 0.1) is 16.7 Å². The highest BCUT2D eigenvalue weighted by atomic mass is 32.2. The fourth-order valence-electron chi connectivity index (χ4n) is 4.16. The first-order chi connectivity index (χ1) is 13.2. The Morgan fingerprint density at radius 2 is 1.93 bits per heavy atom. The summed E-state index contributed by atoms with van der Waals surface area (Å²) in [6, 6.07) is 13.0. The van der Waals surface area contributed by atoms with Crippen LogP contribution in [0, 0.1) is 0 Å². The number of para-hydroxylation sites is 1. The van der Waals surface area contributed by atoms with E-state index in [2.05, 4.69) is 4.72 Å². The number of aliphatic carboxylic acids is 1. The standard InChI is InChI=1S/C20H21NO6S/c1-12(19(22)23)14-8-5-9-15-17-16(27-18(14)15)10-11-20(17,24)21-28(25,26)13-6-3-2-4-7-13/h2-9,12,16-17,21,24H,10-11H2,1H3,(H,22,23). The zero-order valence-corrected chi connectivity index (χ0v) is 16.0. The van der Waals surface area contributed by atoms with Gasteiger partial charge >= 0.3 is 5.97 Å². The zero-order chi connectivity index (χ0) is 20.1. The van der Waals surface area contributed by atoms with Gasteiger partial charge in [-0.3, -0.25) is 4.79 Å². The number of aliphatic hydroxyl groups is 1. The molecule has 0 saturated heterocycles. The van der Waals surface area contributed by atoms with Crippen molar-refractivity contribution in [1.82, 2.24) is 4.72 Å². The van der Waals surface area contributed by atoms with E-state index >= 15 is 0 Å². The topological polar surface area (TPSA) is 113 Å². The number of benzene rings is 2. The number of carboxylic acid groups (broad SMARTS) is 1. The van der Waals surface area contributed by atoms with Crippen molar-refractivity contribution in [1.29, 1.82) is 0 Å². The number of hydrogen-bond donors (Lipinski definition) is 3. The van der Waals surface area contributed by atoms with Crippen molar-refractivity contribution in [2.24, 2.45) is 0 Å². The van der Waals surface area contributed by atoms with Gasteiger partial charge in [-0.1, -0.05) is 36.4 Å². The average molecular weight is 403 g/mol. The molecule has 0 bridgehead atoms. The molecular weight excluding hydrogens is 382 g/mol. The summed E-state index contributed by atoms with van der Waals surface area (Å²) >= 11 is 0. The molecule has 3 N–H and O–H groups in total. The maximum Gasteiger partial charge on any atom is 0.310 e. The van der Waals surface area contributed by atoms with E-state index in [1.807, 2.05) is 0 Å². The first-order valence-corrected chi connectivity index (χ1v) is 10.5. The second-order valence-electron chi connectivity index (χ2n) is 7.34. The van der Waals surface area contributed by atoms with Crippen LogP contribution in [0.15, 0.2) is 53.4 Å². The largest absolute Gasteiger partial charge is 0.489 e. The van der Waals surface area contributed by atoms with Gasteiger partial charge in [-0.25, -0.2) is 8.42 Å². The third kappa shape index (κ3) is 2.97. The van der Waals surface area contributed by atoms with Crippen LogP contribution in [-0.2, 0) is 14.8 Å². The highest BCUT2D eigenvalue weighted by Gasteiger charge is 2.56. The van der Waals surface area contributed by atoms with E-state index in [-0.39, 0.29) is 11.3 Å². The van der Waals surface area contributed by atoms with Crippen molar-refractivity contribution < 1.29 is 28.2 Å². The second kappa shape index (κ2) is 6.58. The molecule has 0 amide bonds. The van der Waals surface area contributed by atoms with Gasteiger partial charge < -0.3 is 14.9 Å². The number of rotatable bonds is 5. The molecule has 2 aromatic carbocycles. The average Bonchev–Trinajstić information content (AvgIpc) is 3.19. The van der Waals surface area contributed by atoms with Gasteiger partial charge in [-0.2, -0.15) is 4.72 Å². The molecule has 1 saturated carbocycles. The summed E-state index contributed by atoms with van der Waals surface area (Å²) in [7, 11) is -3.93. The predicted molar refractivity (Wildman–Crippen MR) is 101 cm³/mol. The summed E-state index contributed by atoms with van der Waals surface area (Å²) in [4.78, 5) is 11.5. The smallest absolute Gasteiger partial charge is 0.310 e. The predicted octanol–water partition coefficient (Wildman–Crippen LogP) is 2.18. The minimum Gasteiger partial charge on any atom is -0.489 e. The Bertz CT molecular complexity index is 1020. The lowest BCUT2D eigenvalue weighted by Crippen LogP contribution is -2.50. The Morgan fingerprint density at radius 3 is 2.61 bits per heavy atom. The van der Waals surface area contributed by atoms with Crippen LogP contribution < -0.4 is 9.46 Å². The van der Waals surface area contributed by atoms with E-state index in [0.29, 0.717) is 23.3 Å². The normalized spacial score (nSPS) is 26.9. The summed E-state index contributed by atoms with van der Waals surface area (Å²) in [5.41, 5.74) is -0.561. The summed E-state index contributed by atoms with van der Waals surface area (Å²) in [5, 5.41) is 20.6. The SMILES string of the molecule is CC(C(=O)O)c1cccc2c1OC1CCC(O)(NS(=O)(=O)c3ccccc3)C21. The van der Waals surface area contributed by atoms with Gasteiger partial charge in [0.25, 0.3) is 0 Å². The summed E-state index contributed by atoms with van der Waals surface area (Å²) in [6.45, 7) is 1.57. The maximum atomic E-state index is 12.8. The van der Waals surface area contributed by atoms with Crippen LogP contribution in [0.3, 0.4) is 0 Å². The van der Waals surface area contributed by atoms with Crippen LogP contribution >= 0.6 is 0 Å². The van der Waals surface area contributed by atoms with E-state index in [1.165, 1.54) is 12.1 Å². The molecule has 28 heavy (non-hydrogen) atoms. The minimum atomic E-state index is -3.93. The summed E-state index contributed by atoms with van der Waals surface area (Å²) < 4.78 is 34.0. The van der Waals surface area contributed by atoms with Crippen LogP contribution in [0.5, 0.6) is 5.75 Å². The van der Waals surface area contributed by atoms with Crippen LogP contribution in [-0.4, -0.2) is 36.4 Å². The van der Waals surface area contributed by atoms with Crippen molar-refractivity contribution in [2.75, 3.05) is 0 Å². The minimum absolute atomic E-state index is 0.0688. The Balaban J connectivity index is 1.71. The van der Waals surface area contributed by atoms with Crippen molar-refractivity contribution in [2.45, 2.75) is 48.3 Å². The third-order valence-corrected chi connectivity index (χ3v) is 7.09. The molecule has 0 spiro atoms. The molecule has 148 valence electrons. The number of hydrogen-bond acceptors (Lipinski definition) is 5. The fourth-order valence-corrected chi connectivity index (χ4v) is 5.49. The van der Waals surface area contributed by atoms with E-state index in [4.69, 9.17) is 4.74 Å². The maximum absolute atomic E-state index is 12.8. The van der Waals surface area contributed by atoms with Gasteiger partial charge in [-0.05, 0) is 31.9 Å². The van der Waals surface area contributed by atoms with Crippen molar-refractivity contribution in [3.63, 3.8) is 0 Å². The van der Waals surface area contributed by atoms with E-state index in [9.17, 15) is 23.4 Å². The Hall–Kier alpha value is -2.42. The highest BCUT2D eigenvalue weighted by molar-refractivity contribution is 7.89. The number of fused-ring (bicyclic) bond motifs is 3. The van der Waals surface area contributed by atoms with Crippen molar-refractivity contribution in [3.8, 4) is 5.75 Å². The van der Waals surface area contributed by atoms with Gasteiger partial charge in [0.15, 0.2) is 0 Å². The molecule has 4 atom stereocenters. The first-order valence-electron chi connectivity index (χ1n) is 9.06. The van der Waals surface area contributed by atoms with Crippen LogP contribution in [0.2, 0.25) is 0 Å². The Morgan fingerprint density at radius 1 is 1.21 bits per heavy atom. The van der Waals surface area contributed by atoms with Crippen LogP contribution in [0.1, 0.15) is 42.7 Å². The van der Waals surface area contributed by atoms with E-state index in [1.54, 1.807) is 43.3 Å². The molecule has 2 aliphatic rings. The number of sulfonamides is 1. The lowest BCUT2D eigenvalue weighted by Gasteiger charge is -2.30. The lowest BCUT2D eigenvalue weighted by molar-refractivity contribution is -0.138. The molecule has 2 aromatic rings. The molecule has 1 aliphatic heterocycles. The summed E-state index contributed by atoms with van der Waals surface area (Å²) in [5.74, 6) is -1.93. The highest BCUT2D eigenvalue weighted by Crippen LogP contribution is 2.53. The quantitative estimate of drug-likeness (QED) is 0.660. The van der Waals surface area contributed by atoms with Gasteiger partial charge in [0, 0.05) is 11.1 Å². The molecule has 8 heteroatoms. The van der Waals surface area contributed by atoms with Crippen molar-refractivity contribution >= 4 is 16.0 Å². The Kier molecular flexibility index (Phi) is 4.45. The Labute approximate surface area is 163 Å².